The molecule has 0 saturated heterocycles. The second-order valence-electron chi connectivity index (χ2n) is 5.84. The molecule has 1 fully saturated rings. The van der Waals surface area contributed by atoms with Gasteiger partial charge in [0.1, 0.15) is 12.4 Å². The van der Waals surface area contributed by atoms with Gasteiger partial charge in [-0.15, -0.1) is 11.6 Å². The topological polar surface area (TPSA) is 64.2 Å². The van der Waals surface area contributed by atoms with Crippen LogP contribution in [0.4, 0.5) is 0 Å². The summed E-state index contributed by atoms with van der Waals surface area (Å²) >= 11 is 5.66. The Labute approximate surface area is 140 Å². The predicted molar refractivity (Wildman–Crippen MR) is 91.0 cm³/mol. The van der Waals surface area contributed by atoms with Crippen LogP contribution in [0.1, 0.15) is 43.8 Å². The highest BCUT2D eigenvalue weighted by atomic mass is 35.5. The van der Waals surface area contributed by atoms with Crippen molar-refractivity contribution in [3.63, 3.8) is 0 Å². The summed E-state index contributed by atoms with van der Waals surface area (Å²) in [6.45, 7) is 0.356. The van der Waals surface area contributed by atoms with E-state index in [1.54, 1.807) is 19.2 Å². The molecule has 1 aromatic carbocycles. The quantitative estimate of drug-likeness (QED) is 0.847. The molecule has 124 valence electrons. The fourth-order valence-electron chi connectivity index (χ4n) is 3.16. The van der Waals surface area contributed by atoms with E-state index in [2.05, 4.69) is 9.97 Å². The zero-order valence-corrected chi connectivity index (χ0v) is 14.0. The van der Waals surface area contributed by atoms with Gasteiger partial charge in [-0.3, -0.25) is 4.79 Å². The van der Waals surface area contributed by atoms with Crippen molar-refractivity contribution in [1.29, 1.82) is 0 Å². The maximum absolute atomic E-state index is 12.4. The average molecular weight is 337 g/mol. The van der Waals surface area contributed by atoms with Crippen LogP contribution in [0.5, 0.6) is 11.5 Å². The number of rotatable bonds is 5. The van der Waals surface area contributed by atoms with Crippen LogP contribution < -0.4 is 15.0 Å². The number of alkyl halides is 1. The van der Waals surface area contributed by atoms with Crippen LogP contribution in [-0.4, -0.2) is 29.6 Å². The number of H-pyrrole nitrogens is 1. The highest BCUT2D eigenvalue weighted by Crippen LogP contribution is 2.33. The van der Waals surface area contributed by atoms with E-state index in [9.17, 15) is 4.79 Å². The summed E-state index contributed by atoms with van der Waals surface area (Å²) in [5.74, 6) is 2.59. The lowest BCUT2D eigenvalue weighted by atomic mass is 9.88. The summed E-state index contributed by atoms with van der Waals surface area (Å²) in [5, 5.41) is 0.509. The number of hydrogen-bond donors (Lipinski definition) is 1. The maximum Gasteiger partial charge on any atom is 0.258 e. The predicted octanol–water partition coefficient (Wildman–Crippen LogP) is 3.60. The summed E-state index contributed by atoms with van der Waals surface area (Å²) in [7, 11) is 1.57. The molecule has 1 N–H and O–H groups in total. The second kappa shape index (κ2) is 7.21. The van der Waals surface area contributed by atoms with Gasteiger partial charge in [-0.2, -0.15) is 0 Å². The molecule has 1 aromatic heterocycles. The van der Waals surface area contributed by atoms with E-state index in [1.165, 1.54) is 19.3 Å². The average Bonchev–Trinajstić information content (AvgIpc) is 2.60. The molecule has 2 aromatic rings. The van der Waals surface area contributed by atoms with Crippen molar-refractivity contribution in [1.82, 2.24) is 9.97 Å². The van der Waals surface area contributed by atoms with Gasteiger partial charge in [-0.25, -0.2) is 4.98 Å². The van der Waals surface area contributed by atoms with Gasteiger partial charge in [0.05, 0.1) is 23.9 Å². The van der Waals surface area contributed by atoms with Crippen LogP contribution in [0.25, 0.3) is 10.9 Å². The normalized spacial score (nSPS) is 15.7. The lowest BCUT2D eigenvalue weighted by Crippen LogP contribution is -2.17. The maximum atomic E-state index is 12.4. The smallest absolute Gasteiger partial charge is 0.258 e. The Balaban J connectivity index is 2.04. The molecule has 0 amide bonds. The van der Waals surface area contributed by atoms with Crippen molar-refractivity contribution < 1.29 is 9.47 Å². The molecule has 1 saturated carbocycles. The highest BCUT2D eigenvalue weighted by molar-refractivity contribution is 6.18. The number of benzene rings is 1. The summed E-state index contributed by atoms with van der Waals surface area (Å²) in [5.41, 5.74) is 0.512. The molecule has 23 heavy (non-hydrogen) atoms. The first kappa shape index (κ1) is 16.1. The van der Waals surface area contributed by atoms with E-state index in [4.69, 9.17) is 21.1 Å². The Bertz CT molecular complexity index is 738. The lowest BCUT2D eigenvalue weighted by molar-refractivity contribution is 0.313. The number of aromatic amines is 1. The molecule has 0 radical (unpaired) electrons. The minimum absolute atomic E-state index is 0.131. The Hall–Kier alpha value is -1.75. The fourth-order valence-corrected chi connectivity index (χ4v) is 3.23. The first-order valence-corrected chi connectivity index (χ1v) is 8.57. The third-order valence-corrected chi connectivity index (χ3v) is 4.49. The SMILES string of the molecule is COc1cc2nc(C3CCCCC3)[nH]c(=O)c2cc1OCCCl. The molecule has 1 aliphatic carbocycles. The van der Waals surface area contributed by atoms with Gasteiger partial charge in [0.2, 0.25) is 0 Å². The van der Waals surface area contributed by atoms with Gasteiger partial charge in [0, 0.05) is 12.0 Å². The molecule has 0 bridgehead atoms. The first-order chi connectivity index (χ1) is 11.2. The van der Waals surface area contributed by atoms with Gasteiger partial charge in [-0.1, -0.05) is 19.3 Å². The van der Waals surface area contributed by atoms with E-state index < -0.39 is 0 Å². The van der Waals surface area contributed by atoms with Crippen molar-refractivity contribution in [2.45, 2.75) is 38.0 Å². The van der Waals surface area contributed by atoms with Crippen LogP contribution in [-0.2, 0) is 0 Å². The third-order valence-electron chi connectivity index (χ3n) is 4.34. The number of halogens is 1. The van der Waals surface area contributed by atoms with E-state index >= 15 is 0 Å². The number of nitrogens with zero attached hydrogens (tertiary/aromatic N) is 1. The van der Waals surface area contributed by atoms with Gasteiger partial charge in [0.25, 0.3) is 5.56 Å². The van der Waals surface area contributed by atoms with Crippen LogP contribution in [0, 0.1) is 0 Å². The molecule has 1 heterocycles. The molecule has 0 atom stereocenters. The summed E-state index contributed by atoms with van der Waals surface area (Å²) in [6, 6.07) is 3.44. The van der Waals surface area contributed by atoms with Crippen molar-refractivity contribution in [2.24, 2.45) is 0 Å². The van der Waals surface area contributed by atoms with Gasteiger partial charge in [-0.05, 0) is 18.9 Å². The number of aromatic nitrogens is 2. The lowest BCUT2D eigenvalue weighted by Gasteiger charge is -2.21. The second-order valence-corrected chi connectivity index (χ2v) is 6.22. The number of nitrogens with one attached hydrogen (secondary N) is 1. The third kappa shape index (κ3) is 3.44. The number of hydrogen-bond acceptors (Lipinski definition) is 4. The van der Waals surface area contributed by atoms with E-state index in [1.807, 2.05) is 0 Å². The number of fused-ring (bicyclic) bond motifs is 1. The zero-order valence-electron chi connectivity index (χ0n) is 13.2. The summed E-state index contributed by atoms with van der Waals surface area (Å²) < 4.78 is 10.9. The molecule has 0 unspecified atom stereocenters. The largest absolute Gasteiger partial charge is 0.493 e. The van der Waals surface area contributed by atoms with Crippen molar-refractivity contribution >= 4 is 22.5 Å². The Morgan fingerprint density at radius 2 is 2.04 bits per heavy atom. The summed E-state index contributed by atoms with van der Waals surface area (Å²) in [6.07, 6.45) is 5.83. The minimum atomic E-state index is -0.131. The highest BCUT2D eigenvalue weighted by Gasteiger charge is 2.19. The Morgan fingerprint density at radius 3 is 2.74 bits per heavy atom. The standard InChI is InChI=1S/C17H21ClN2O3/c1-22-14-10-13-12(9-15(14)23-8-7-18)17(21)20-16(19-13)11-5-3-2-4-6-11/h9-11H,2-8H2,1H3,(H,19,20,21). The Kier molecular flexibility index (Phi) is 5.06. The van der Waals surface area contributed by atoms with Crippen LogP contribution >= 0.6 is 11.6 Å². The number of ether oxygens (including phenoxy) is 2. The molecule has 5 nitrogen and oxygen atoms in total. The van der Waals surface area contributed by atoms with Crippen LogP contribution in [0.2, 0.25) is 0 Å². The molecular formula is C17H21ClN2O3. The van der Waals surface area contributed by atoms with E-state index in [-0.39, 0.29) is 5.56 Å². The van der Waals surface area contributed by atoms with Crippen LogP contribution in [0.3, 0.4) is 0 Å². The van der Waals surface area contributed by atoms with E-state index in [0.29, 0.717) is 40.8 Å². The zero-order chi connectivity index (χ0) is 16.2. The number of methoxy groups -OCH3 is 1. The van der Waals surface area contributed by atoms with E-state index in [0.717, 1.165) is 18.7 Å². The molecule has 0 aliphatic heterocycles. The molecule has 3 rings (SSSR count). The molecule has 6 heteroatoms. The van der Waals surface area contributed by atoms with Gasteiger partial charge >= 0.3 is 0 Å². The monoisotopic (exact) mass is 336 g/mol. The molecular weight excluding hydrogens is 316 g/mol. The molecule has 0 spiro atoms. The Morgan fingerprint density at radius 1 is 1.26 bits per heavy atom. The van der Waals surface area contributed by atoms with Gasteiger partial charge in [0.15, 0.2) is 11.5 Å². The summed E-state index contributed by atoms with van der Waals surface area (Å²) in [4.78, 5) is 20.1. The minimum Gasteiger partial charge on any atom is -0.493 e. The first-order valence-electron chi connectivity index (χ1n) is 8.03. The van der Waals surface area contributed by atoms with Crippen LogP contribution in [0.15, 0.2) is 16.9 Å². The fraction of sp³-hybridized carbons (Fsp3) is 0.529. The van der Waals surface area contributed by atoms with Crippen molar-refractivity contribution in [3.05, 3.63) is 28.3 Å². The molecule has 1 aliphatic rings. The van der Waals surface area contributed by atoms with Crippen molar-refractivity contribution in [3.8, 4) is 11.5 Å². The van der Waals surface area contributed by atoms with Crippen molar-refractivity contribution in [2.75, 3.05) is 19.6 Å². The van der Waals surface area contributed by atoms with Gasteiger partial charge < -0.3 is 14.5 Å².